The van der Waals surface area contributed by atoms with E-state index in [0.717, 1.165) is 17.1 Å². The van der Waals surface area contributed by atoms with Gasteiger partial charge in [0, 0.05) is 51.1 Å². The number of carbonyl (C=O) groups excluding carboxylic acids is 2. The number of benzene rings is 1. The zero-order valence-electron chi connectivity index (χ0n) is 22.0. The quantitative estimate of drug-likeness (QED) is 0.408. The standard InChI is InChI=1S/C27H32ClN7O4/c1-17(2)13-24(36)35-10-9-34(23-15-22(28)32-26(33-23)25-29-7-8-30-25)16-19(35)27(37)31-6-5-18-3-4-20-21(14-18)39-12-11-38-20/h3-4,7-8,14-15,17,19H,5-6,9-13,16H2,1-2H3,(H,29,30)(H,31,37). The molecule has 0 saturated carbocycles. The van der Waals surface area contributed by atoms with Gasteiger partial charge in [0.25, 0.3) is 0 Å². The number of hydrogen-bond acceptors (Lipinski definition) is 8. The van der Waals surface area contributed by atoms with Gasteiger partial charge in [-0.25, -0.2) is 15.0 Å². The minimum atomic E-state index is -0.675. The molecule has 0 spiro atoms. The van der Waals surface area contributed by atoms with Crippen LogP contribution in [0.3, 0.4) is 0 Å². The molecule has 1 atom stereocenters. The topological polar surface area (TPSA) is 126 Å². The minimum absolute atomic E-state index is 0.0337. The highest BCUT2D eigenvalue weighted by molar-refractivity contribution is 6.29. The van der Waals surface area contributed by atoms with E-state index < -0.39 is 6.04 Å². The maximum atomic E-state index is 13.5. The molecule has 39 heavy (non-hydrogen) atoms. The van der Waals surface area contributed by atoms with Crippen LogP contribution in [-0.2, 0) is 16.0 Å². The summed E-state index contributed by atoms with van der Waals surface area (Å²) >= 11 is 6.31. The summed E-state index contributed by atoms with van der Waals surface area (Å²) in [5.41, 5.74) is 1.03. The largest absolute Gasteiger partial charge is 0.486 e. The summed E-state index contributed by atoms with van der Waals surface area (Å²) in [6, 6.07) is 6.79. The smallest absolute Gasteiger partial charge is 0.244 e. The SMILES string of the molecule is CC(C)CC(=O)N1CCN(c2cc(Cl)nc(-c3ncc[nH]3)n2)CC1C(=O)NCCc1ccc2c(c1)OCCO2. The minimum Gasteiger partial charge on any atom is -0.486 e. The highest BCUT2D eigenvalue weighted by atomic mass is 35.5. The molecule has 1 fully saturated rings. The number of halogens is 1. The maximum absolute atomic E-state index is 13.5. The molecule has 0 aliphatic carbocycles. The van der Waals surface area contributed by atoms with Crippen molar-refractivity contribution in [3.8, 4) is 23.1 Å². The Morgan fingerprint density at radius 2 is 1.97 bits per heavy atom. The Balaban J connectivity index is 1.29. The molecule has 5 rings (SSSR count). The van der Waals surface area contributed by atoms with Gasteiger partial charge in [-0.05, 0) is 30.0 Å². The molecule has 3 aromatic rings. The van der Waals surface area contributed by atoms with E-state index >= 15 is 0 Å². The number of piperazine rings is 1. The number of carbonyl (C=O) groups is 2. The van der Waals surface area contributed by atoms with Gasteiger partial charge in [-0.3, -0.25) is 9.59 Å². The molecule has 1 saturated heterocycles. The first-order valence-corrected chi connectivity index (χ1v) is 13.5. The van der Waals surface area contributed by atoms with Crippen LogP contribution >= 0.6 is 11.6 Å². The van der Waals surface area contributed by atoms with Crippen molar-refractivity contribution in [2.24, 2.45) is 5.92 Å². The fraction of sp³-hybridized carbons (Fsp3) is 0.444. The second-order valence-corrected chi connectivity index (χ2v) is 10.4. The van der Waals surface area contributed by atoms with E-state index in [1.807, 2.05) is 36.9 Å². The van der Waals surface area contributed by atoms with Gasteiger partial charge < -0.3 is 29.6 Å². The van der Waals surface area contributed by atoms with Gasteiger partial charge in [-0.2, -0.15) is 0 Å². The monoisotopic (exact) mass is 553 g/mol. The summed E-state index contributed by atoms with van der Waals surface area (Å²) < 4.78 is 11.3. The normalized spacial score (nSPS) is 16.9. The Labute approximate surface area is 231 Å². The predicted molar refractivity (Wildman–Crippen MR) is 146 cm³/mol. The lowest BCUT2D eigenvalue weighted by Gasteiger charge is -2.41. The van der Waals surface area contributed by atoms with Crippen LogP contribution in [0.4, 0.5) is 5.82 Å². The van der Waals surface area contributed by atoms with Crippen LogP contribution < -0.4 is 19.7 Å². The summed E-state index contributed by atoms with van der Waals surface area (Å²) in [7, 11) is 0. The first-order chi connectivity index (χ1) is 18.9. The molecule has 1 unspecified atom stereocenters. The lowest BCUT2D eigenvalue weighted by Crippen LogP contribution is -2.61. The fourth-order valence-electron chi connectivity index (χ4n) is 4.73. The molecule has 2 aromatic heterocycles. The molecule has 0 bridgehead atoms. The molecule has 2 N–H and O–H groups in total. The van der Waals surface area contributed by atoms with Gasteiger partial charge in [-0.1, -0.05) is 31.5 Å². The Kier molecular flexibility index (Phi) is 8.16. The average Bonchev–Trinajstić information content (AvgIpc) is 3.47. The van der Waals surface area contributed by atoms with Crippen molar-refractivity contribution in [2.75, 3.05) is 44.3 Å². The van der Waals surface area contributed by atoms with Crippen LogP contribution in [-0.4, -0.2) is 82.1 Å². The van der Waals surface area contributed by atoms with Crippen molar-refractivity contribution >= 4 is 29.2 Å². The van der Waals surface area contributed by atoms with Crippen molar-refractivity contribution in [3.63, 3.8) is 0 Å². The number of fused-ring (bicyclic) bond motifs is 1. The van der Waals surface area contributed by atoms with Crippen LogP contribution in [0.2, 0.25) is 5.15 Å². The molecule has 2 aliphatic rings. The number of aromatic amines is 1. The molecule has 1 aromatic carbocycles. The Morgan fingerprint density at radius 3 is 2.74 bits per heavy atom. The second-order valence-electron chi connectivity index (χ2n) is 9.98. The first-order valence-electron chi connectivity index (χ1n) is 13.1. The second kappa shape index (κ2) is 11.9. The third-order valence-corrected chi connectivity index (χ3v) is 6.81. The number of ether oxygens (including phenoxy) is 2. The molecular weight excluding hydrogens is 522 g/mol. The Bertz CT molecular complexity index is 1320. The average molecular weight is 554 g/mol. The van der Waals surface area contributed by atoms with Crippen molar-refractivity contribution < 1.29 is 19.1 Å². The van der Waals surface area contributed by atoms with Gasteiger partial charge in [0.1, 0.15) is 30.2 Å². The Morgan fingerprint density at radius 1 is 1.15 bits per heavy atom. The highest BCUT2D eigenvalue weighted by Gasteiger charge is 2.36. The third kappa shape index (κ3) is 6.42. The van der Waals surface area contributed by atoms with Crippen molar-refractivity contribution in [1.29, 1.82) is 0 Å². The molecule has 12 heteroatoms. The predicted octanol–water partition coefficient (Wildman–Crippen LogP) is 2.71. The molecular formula is C27H32ClN7O4. The summed E-state index contributed by atoms with van der Waals surface area (Å²) in [4.78, 5) is 46.3. The van der Waals surface area contributed by atoms with Crippen LogP contribution in [0, 0.1) is 5.92 Å². The maximum Gasteiger partial charge on any atom is 0.244 e. The van der Waals surface area contributed by atoms with E-state index in [1.165, 1.54) is 0 Å². The fourth-order valence-corrected chi connectivity index (χ4v) is 4.91. The Hall–Kier alpha value is -3.86. The number of aromatic nitrogens is 4. The molecule has 2 aliphatic heterocycles. The molecule has 11 nitrogen and oxygen atoms in total. The van der Waals surface area contributed by atoms with Gasteiger partial charge in [0.15, 0.2) is 23.1 Å². The lowest BCUT2D eigenvalue weighted by molar-refractivity contribution is -0.141. The van der Waals surface area contributed by atoms with E-state index in [4.69, 9.17) is 21.1 Å². The van der Waals surface area contributed by atoms with Crippen LogP contribution in [0.15, 0.2) is 36.7 Å². The number of rotatable bonds is 8. The van der Waals surface area contributed by atoms with Crippen molar-refractivity contribution in [2.45, 2.75) is 32.7 Å². The third-order valence-electron chi connectivity index (χ3n) is 6.62. The van der Waals surface area contributed by atoms with Crippen molar-refractivity contribution in [3.05, 3.63) is 47.4 Å². The zero-order chi connectivity index (χ0) is 27.4. The van der Waals surface area contributed by atoms with Crippen LogP contribution in [0.25, 0.3) is 11.6 Å². The number of H-pyrrole nitrogens is 1. The molecule has 2 amide bonds. The summed E-state index contributed by atoms with van der Waals surface area (Å²) in [6.45, 7) is 6.66. The number of imidazole rings is 1. The van der Waals surface area contributed by atoms with Crippen molar-refractivity contribution in [1.82, 2.24) is 30.2 Å². The van der Waals surface area contributed by atoms with Gasteiger partial charge >= 0.3 is 0 Å². The van der Waals surface area contributed by atoms with E-state index in [0.29, 0.717) is 63.2 Å². The molecule has 4 heterocycles. The number of hydrogen-bond donors (Lipinski definition) is 2. The summed E-state index contributed by atoms with van der Waals surface area (Å²) in [6.07, 6.45) is 4.29. The van der Waals surface area contributed by atoms with Gasteiger partial charge in [-0.15, -0.1) is 0 Å². The summed E-state index contributed by atoms with van der Waals surface area (Å²) in [5.74, 6) is 2.83. The number of anilines is 1. The van der Waals surface area contributed by atoms with Crippen LogP contribution in [0.1, 0.15) is 25.8 Å². The van der Waals surface area contributed by atoms with Gasteiger partial charge in [0.05, 0.1) is 0 Å². The van der Waals surface area contributed by atoms with Crippen LogP contribution in [0.5, 0.6) is 11.5 Å². The molecule has 0 radical (unpaired) electrons. The van der Waals surface area contributed by atoms with E-state index in [1.54, 1.807) is 23.4 Å². The first kappa shape index (κ1) is 26.7. The van der Waals surface area contributed by atoms with Gasteiger partial charge in [0.2, 0.25) is 11.8 Å². The molecule has 206 valence electrons. The zero-order valence-corrected chi connectivity index (χ0v) is 22.8. The van der Waals surface area contributed by atoms with E-state index in [9.17, 15) is 9.59 Å². The number of amides is 2. The van der Waals surface area contributed by atoms with E-state index in [2.05, 4.69) is 25.3 Å². The number of nitrogens with zero attached hydrogens (tertiary/aromatic N) is 5. The van der Waals surface area contributed by atoms with E-state index in [-0.39, 0.29) is 29.4 Å². The highest BCUT2D eigenvalue weighted by Crippen LogP contribution is 2.31. The lowest BCUT2D eigenvalue weighted by atomic mass is 10.1. The summed E-state index contributed by atoms with van der Waals surface area (Å²) in [5, 5.41) is 3.30. The number of nitrogens with one attached hydrogen (secondary N) is 2.